The Bertz CT molecular complexity index is 1470. The van der Waals surface area contributed by atoms with Gasteiger partial charge in [-0.15, -0.1) is 11.3 Å². The van der Waals surface area contributed by atoms with Gasteiger partial charge in [-0.05, 0) is 74.2 Å². The lowest BCUT2D eigenvalue weighted by Crippen LogP contribution is -2.54. The molecule has 33 heavy (non-hydrogen) atoms. The van der Waals surface area contributed by atoms with Crippen LogP contribution in [0.3, 0.4) is 0 Å². The van der Waals surface area contributed by atoms with Gasteiger partial charge in [0.1, 0.15) is 4.21 Å². The van der Waals surface area contributed by atoms with E-state index in [1.807, 2.05) is 43.5 Å². The molecule has 0 bridgehead atoms. The van der Waals surface area contributed by atoms with Crippen molar-refractivity contribution >= 4 is 65.3 Å². The van der Waals surface area contributed by atoms with Crippen molar-refractivity contribution in [3.63, 3.8) is 0 Å². The molecule has 1 aliphatic heterocycles. The summed E-state index contributed by atoms with van der Waals surface area (Å²) in [4.78, 5) is 6.86. The third kappa shape index (κ3) is 4.17. The van der Waals surface area contributed by atoms with Gasteiger partial charge in [-0.2, -0.15) is 0 Å². The number of thiophene rings is 1. The minimum atomic E-state index is -3.76. The minimum absolute atomic E-state index is 0.302. The molecule has 9 heteroatoms. The van der Waals surface area contributed by atoms with Gasteiger partial charge < -0.3 is 10.2 Å². The average molecular weight is 501 g/mol. The summed E-state index contributed by atoms with van der Waals surface area (Å²) >= 11 is 7.38. The number of hydrogen-bond donors (Lipinski definition) is 2. The van der Waals surface area contributed by atoms with Crippen LogP contribution in [0.15, 0.2) is 52.9 Å². The molecule has 0 saturated carbocycles. The van der Waals surface area contributed by atoms with Crippen LogP contribution in [-0.4, -0.2) is 38.6 Å². The predicted octanol–water partition coefficient (Wildman–Crippen LogP) is 5.40. The maximum absolute atomic E-state index is 13.3. The van der Waals surface area contributed by atoms with Crippen molar-refractivity contribution in [3.05, 3.63) is 59.2 Å². The number of anilines is 2. The van der Waals surface area contributed by atoms with Gasteiger partial charge in [-0.1, -0.05) is 11.6 Å². The molecule has 0 radical (unpaired) electrons. The lowest BCUT2D eigenvalue weighted by atomic mass is 10.1. The zero-order valence-corrected chi connectivity index (χ0v) is 21.0. The summed E-state index contributed by atoms with van der Waals surface area (Å²) in [6, 6.07) is 13.7. The predicted molar refractivity (Wildman–Crippen MR) is 138 cm³/mol. The van der Waals surface area contributed by atoms with Crippen molar-refractivity contribution in [2.75, 3.05) is 22.7 Å². The number of rotatable bonds is 4. The number of halogens is 1. The van der Waals surface area contributed by atoms with Crippen LogP contribution in [0.2, 0.25) is 5.02 Å². The highest BCUT2D eigenvalue weighted by Gasteiger charge is 2.25. The SMILES string of the molecule is Cc1c(S(=O)(=O)Nc2ccc3nccc(N4C[C@H](C)NC[C@H]4C)c3c2)sc2ccc(Cl)cc12. The molecule has 6 nitrogen and oxygen atoms in total. The number of fused-ring (bicyclic) bond motifs is 2. The number of aryl methyl sites for hydroxylation is 1. The molecule has 172 valence electrons. The molecule has 0 spiro atoms. The van der Waals surface area contributed by atoms with E-state index in [1.165, 1.54) is 11.3 Å². The van der Waals surface area contributed by atoms with Crippen LogP contribution in [0, 0.1) is 6.92 Å². The average Bonchev–Trinajstić information content (AvgIpc) is 3.11. The van der Waals surface area contributed by atoms with Crippen LogP contribution in [-0.2, 0) is 10.0 Å². The molecule has 3 heterocycles. The lowest BCUT2D eigenvalue weighted by molar-refractivity contribution is 0.426. The van der Waals surface area contributed by atoms with Crippen molar-refractivity contribution in [3.8, 4) is 0 Å². The van der Waals surface area contributed by atoms with Gasteiger partial charge in [0.05, 0.1) is 5.52 Å². The first-order chi connectivity index (χ1) is 15.7. The highest BCUT2D eigenvalue weighted by Crippen LogP contribution is 2.37. The van der Waals surface area contributed by atoms with E-state index >= 15 is 0 Å². The Morgan fingerprint density at radius 3 is 2.79 bits per heavy atom. The summed E-state index contributed by atoms with van der Waals surface area (Å²) in [5.41, 5.74) is 3.12. The first-order valence-corrected chi connectivity index (χ1v) is 13.5. The Balaban J connectivity index is 1.54. The fraction of sp³-hybridized carbons (Fsp3) is 0.292. The number of nitrogens with zero attached hydrogens (tertiary/aromatic N) is 2. The molecule has 1 saturated heterocycles. The van der Waals surface area contributed by atoms with E-state index in [9.17, 15) is 8.42 Å². The standard InChI is InChI=1S/C24H25ClN4O2S2/c1-14-13-29(15(2)12-27-14)22-8-9-26-21-6-5-18(11-20(21)22)28-33(30,31)24-16(3)19-10-17(25)4-7-23(19)32-24/h4-11,14-15,27-28H,12-13H2,1-3H3/t14-,15+/m0/s1. The maximum Gasteiger partial charge on any atom is 0.271 e. The van der Waals surface area contributed by atoms with E-state index in [0.29, 0.717) is 32.6 Å². The molecular formula is C24H25ClN4O2S2. The van der Waals surface area contributed by atoms with Crippen LogP contribution < -0.4 is 14.9 Å². The van der Waals surface area contributed by atoms with Gasteiger partial charge in [-0.3, -0.25) is 9.71 Å². The minimum Gasteiger partial charge on any atom is -0.365 e. The highest BCUT2D eigenvalue weighted by molar-refractivity contribution is 7.94. The molecule has 0 unspecified atom stereocenters. The summed E-state index contributed by atoms with van der Waals surface area (Å²) in [7, 11) is -3.76. The van der Waals surface area contributed by atoms with Gasteiger partial charge in [0, 0.05) is 57.9 Å². The first-order valence-electron chi connectivity index (χ1n) is 10.8. The third-order valence-electron chi connectivity index (χ3n) is 6.14. The summed E-state index contributed by atoms with van der Waals surface area (Å²) in [5, 5.41) is 5.88. The van der Waals surface area contributed by atoms with Crippen LogP contribution in [0.5, 0.6) is 0 Å². The molecule has 4 aromatic rings. The molecule has 2 N–H and O–H groups in total. The fourth-order valence-corrected chi connectivity index (χ4v) is 7.40. The van der Waals surface area contributed by atoms with Crippen LogP contribution >= 0.6 is 22.9 Å². The number of hydrogen-bond acceptors (Lipinski definition) is 6. The topological polar surface area (TPSA) is 74.3 Å². The normalized spacial score (nSPS) is 19.3. The Morgan fingerprint density at radius 2 is 1.97 bits per heavy atom. The zero-order valence-electron chi connectivity index (χ0n) is 18.6. The second kappa shape index (κ2) is 8.43. The Morgan fingerprint density at radius 1 is 1.15 bits per heavy atom. The molecule has 1 aliphatic rings. The van der Waals surface area contributed by atoms with E-state index in [4.69, 9.17) is 11.6 Å². The Kier molecular flexibility index (Phi) is 5.73. The van der Waals surface area contributed by atoms with Gasteiger partial charge in [0.15, 0.2) is 0 Å². The van der Waals surface area contributed by atoms with E-state index in [0.717, 1.165) is 39.8 Å². The molecule has 1 fully saturated rings. The summed E-state index contributed by atoms with van der Waals surface area (Å²) < 4.78 is 30.6. The Hall–Kier alpha value is -2.39. The molecule has 5 rings (SSSR count). The smallest absolute Gasteiger partial charge is 0.271 e. The molecule has 2 aromatic carbocycles. The first kappa shape index (κ1) is 22.4. The van der Waals surface area contributed by atoms with Crippen LogP contribution in [0.25, 0.3) is 21.0 Å². The van der Waals surface area contributed by atoms with E-state index in [2.05, 4.69) is 33.8 Å². The third-order valence-corrected chi connectivity index (χ3v) is 9.65. The second-order valence-corrected chi connectivity index (χ2v) is 12.0. The molecule has 2 aromatic heterocycles. The molecule has 0 aliphatic carbocycles. The van der Waals surface area contributed by atoms with Gasteiger partial charge in [0.2, 0.25) is 0 Å². The number of piperazine rings is 1. The Labute approximate surface area is 202 Å². The summed E-state index contributed by atoms with van der Waals surface area (Å²) in [5.74, 6) is 0. The van der Waals surface area contributed by atoms with Gasteiger partial charge in [0.25, 0.3) is 10.0 Å². The molecular weight excluding hydrogens is 476 g/mol. The highest BCUT2D eigenvalue weighted by atomic mass is 35.5. The van der Waals surface area contributed by atoms with Gasteiger partial charge in [-0.25, -0.2) is 8.42 Å². The van der Waals surface area contributed by atoms with E-state index in [-0.39, 0.29) is 0 Å². The fourth-order valence-electron chi connectivity index (χ4n) is 4.43. The second-order valence-electron chi connectivity index (χ2n) is 8.63. The monoisotopic (exact) mass is 500 g/mol. The van der Waals surface area contributed by atoms with E-state index in [1.54, 1.807) is 12.1 Å². The van der Waals surface area contributed by atoms with E-state index < -0.39 is 10.0 Å². The maximum atomic E-state index is 13.3. The number of nitrogens with one attached hydrogen (secondary N) is 2. The quantitative estimate of drug-likeness (QED) is 0.392. The number of sulfonamides is 1. The molecule has 0 amide bonds. The van der Waals surface area contributed by atoms with Crippen molar-refractivity contribution in [1.82, 2.24) is 10.3 Å². The van der Waals surface area contributed by atoms with Crippen molar-refractivity contribution in [1.29, 1.82) is 0 Å². The van der Waals surface area contributed by atoms with Gasteiger partial charge >= 0.3 is 0 Å². The zero-order chi connectivity index (χ0) is 23.3. The molecule has 2 atom stereocenters. The largest absolute Gasteiger partial charge is 0.365 e. The van der Waals surface area contributed by atoms with Crippen molar-refractivity contribution < 1.29 is 8.42 Å². The summed E-state index contributed by atoms with van der Waals surface area (Å²) in [6.45, 7) is 7.95. The van der Waals surface area contributed by atoms with Crippen LogP contribution in [0.1, 0.15) is 19.4 Å². The van der Waals surface area contributed by atoms with Crippen molar-refractivity contribution in [2.24, 2.45) is 0 Å². The number of aromatic nitrogens is 1. The van der Waals surface area contributed by atoms with Crippen LogP contribution in [0.4, 0.5) is 11.4 Å². The number of pyridine rings is 1. The summed E-state index contributed by atoms with van der Waals surface area (Å²) in [6.07, 6.45) is 1.81. The number of benzene rings is 2. The lowest BCUT2D eigenvalue weighted by Gasteiger charge is -2.39. The van der Waals surface area contributed by atoms with Crippen molar-refractivity contribution in [2.45, 2.75) is 37.1 Å².